The van der Waals surface area contributed by atoms with Crippen LogP contribution in [0.15, 0.2) is 18.2 Å². The third-order valence-electron chi connectivity index (χ3n) is 3.33. The van der Waals surface area contributed by atoms with Crippen LogP contribution in [0.1, 0.15) is 12.5 Å². The first-order valence-corrected chi connectivity index (χ1v) is 8.20. The van der Waals surface area contributed by atoms with Crippen molar-refractivity contribution in [2.45, 2.75) is 19.5 Å². The van der Waals surface area contributed by atoms with Crippen LogP contribution in [-0.4, -0.2) is 45.4 Å². The van der Waals surface area contributed by atoms with E-state index in [9.17, 15) is 4.39 Å². The molecule has 3 nitrogen and oxygen atoms in total. The van der Waals surface area contributed by atoms with Crippen LogP contribution in [-0.2, 0) is 11.3 Å². The number of thioether (sulfide) groups is 1. The van der Waals surface area contributed by atoms with Crippen molar-refractivity contribution in [2.75, 3.05) is 44.2 Å². The van der Waals surface area contributed by atoms with Gasteiger partial charge in [-0.2, -0.15) is 11.8 Å². The zero-order chi connectivity index (χ0) is 15.0. The smallest absolute Gasteiger partial charge is 0.129 e. The van der Waals surface area contributed by atoms with Crippen molar-refractivity contribution in [3.63, 3.8) is 0 Å². The Hall–Kier alpha value is -0.780. The van der Waals surface area contributed by atoms with Crippen molar-refractivity contribution >= 4 is 17.4 Å². The number of halogens is 1. The molecule has 0 saturated carbocycles. The minimum Gasteiger partial charge on any atom is -0.383 e. The fraction of sp³-hybridized carbons (Fsp3) is 0.600. The first-order valence-electron chi connectivity index (χ1n) is 6.80. The third kappa shape index (κ3) is 4.96. The van der Waals surface area contributed by atoms with Crippen molar-refractivity contribution < 1.29 is 9.13 Å². The minimum absolute atomic E-state index is 0.157. The SMILES string of the molecule is COCCNCc1c(F)cccc1N(C)C(C)CSC. The van der Waals surface area contributed by atoms with Gasteiger partial charge in [0, 0.05) is 50.3 Å². The second-order valence-corrected chi connectivity index (χ2v) is 5.73. The number of nitrogens with zero attached hydrogens (tertiary/aromatic N) is 1. The number of anilines is 1. The van der Waals surface area contributed by atoms with E-state index in [0.29, 0.717) is 25.7 Å². The van der Waals surface area contributed by atoms with Crippen LogP contribution in [0.3, 0.4) is 0 Å². The van der Waals surface area contributed by atoms with E-state index in [1.54, 1.807) is 24.9 Å². The van der Waals surface area contributed by atoms with E-state index in [0.717, 1.165) is 17.0 Å². The minimum atomic E-state index is -0.157. The molecule has 20 heavy (non-hydrogen) atoms. The summed E-state index contributed by atoms with van der Waals surface area (Å²) < 4.78 is 19.1. The van der Waals surface area contributed by atoms with E-state index in [4.69, 9.17) is 4.74 Å². The first kappa shape index (κ1) is 17.3. The molecule has 0 heterocycles. The highest BCUT2D eigenvalue weighted by Gasteiger charge is 2.15. The normalized spacial score (nSPS) is 12.4. The number of methoxy groups -OCH3 is 1. The predicted octanol–water partition coefficient (Wildman–Crippen LogP) is 2.75. The van der Waals surface area contributed by atoms with E-state index >= 15 is 0 Å². The van der Waals surface area contributed by atoms with Crippen molar-refractivity contribution in [2.24, 2.45) is 0 Å². The van der Waals surface area contributed by atoms with Crippen LogP contribution in [0.5, 0.6) is 0 Å². The summed E-state index contributed by atoms with van der Waals surface area (Å²) in [6, 6.07) is 5.63. The highest BCUT2D eigenvalue weighted by atomic mass is 32.2. The highest BCUT2D eigenvalue weighted by Crippen LogP contribution is 2.24. The van der Waals surface area contributed by atoms with Crippen LogP contribution >= 0.6 is 11.8 Å². The van der Waals surface area contributed by atoms with Gasteiger partial charge in [-0.25, -0.2) is 4.39 Å². The molecule has 1 unspecified atom stereocenters. The van der Waals surface area contributed by atoms with Crippen LogP contribution in [0.25, 0.3) is 0 Å². The van der Waals surface area contributed by atoms with Crippen molar-refractivity contribution in [1.29, 1.82) is 0 Å². The van der Waals surface area contributed by atoms with Gasteiger partial charge < -0.3 is 15.0 Å². The maximum atomic E-state index is 14.1. The van der Waals surface area contributed by atoms with Gasteiger partial charge in [0.25, 0.3) is 0 Å². The van der Waals surface area contributed by atoms with Crippen molar-refractivity contribution in [3.05, 3.63) is 29.6 Å². The summed E-state index contributed by atoms with van der Waals surface area (Å²) in [5, 5.41) is 3.21. The lowest BCUT2D eigenvalue weighted by Crippen LogP contribution is -2.32. The summed E-state index contributed by atoms with van der Waals surface area (Å²) in [5.41, 5.74) is 1.68. The molecule has 5 heteroatoms. The Morgan fingerprint density at radius 3 is 2.85 bits per heavy atom. The lowest BCUT2D eigenvalue weighted by molar-refractivity contribution is 0.199. The van der Waals surface area contributed by atoms with Crippen LogP contribution in [0.2, 0.25) is 0 Å². The molecule has 0 radical (unpaired) electrons. The molecular formula is C15H25FN2OS. The molecule has 0 amide bonds. The molecule has 0 fully saturated rings. The summed E-state index contributed by atoms with van der Waals surface area (Å²) in [6.07, 6.45) is 2.09. The van der Waals surface area contributed by atoms with Crippen LogP contribution < -0.4 is 10.2 Å². The average molecular weight is 300 g/mol. The molecule has 1 rings (SSSR count). The molecule has 0 spiro atoms. The summed E-state index contributed by atoms with van der Waals surface area (Å²) in [4.78, 5) is 2.15. The number of hydrogen-bond acceptors (Lipinski definition) is 4. The average Bonchev–Trinajstić information content (AvgIpc) is 2.44. The Labute approximate surface area is 125 Å². The summed E-state index contributed by atoms with van der Waals surface area (Å²) in [7, 11) is 3.68. The molecule has 1 atom stereocenters. The van der Waals surface area contributed by atoms with Gasteiger partial charge >= 0.3 is 0 Å². The fourth-order valence-electron chi connectivity index (χ4n) is 2.03. The van der Waals surface area contributed by atoms with E-state index < -0.39 is 0 Å². The molecule has 114 valence electrons. The Morgan fingerprint density at radius 1 is 1.45 bits per heavy atom. The maximum Gasteiger partial charge on any atom is 0.129 e. The third-order valence-corrected chi connectivity index (χ3v) is 4.14. The molecule has 1 aromatic rings. The standard InChI is InChI=1S/C15H25FN2OS/c1-12(11-20-4)18(2)15-7-5-6-14(16)13(15)10-17-8-9-19-3/h5-7,12,17H,8-11H2,1-4H3. The van der Waals surface area contributed by atoms with Gasteiger partial charge in [0.2, 0.25) is 0 Å². The van der Waals surface area contributed by atoms with E-state index in [2.05, 4.69) is 23.4 Å². The van der Waals surface area contributed by atoms with E-state index in [1.165, 1.54) is 6.07 Å². The lowest BCUT2D eigenvalue weighted by atomic mass is 10.1. The molecule has 0 aromatic heterocycles. The van der Waals surface area contributed by atoms with Crippen molar-refractivity contribution in [3.8, 4) is 0 Å². The number of ether oxygens (including phenoxy) is 1. The van der Waals surface area contributed by atoms with Gasteiger partial charge in [0.15, 0.2) is 0 Å². The maximum absolute atomic E-state index is 14.1. The van der Waals surface area contributed by atoms with Gasteiger partial charge in [-0.05, 0) is 25.3 Å². The molecule has 1 N–H and O–H groups in total. The molecular weight excluding hydrogens is 275 g/mol. The topological polar surface area (TPSA) is 24.5 Å². The molecule has 0 aliphatic rings. The van der Waals surface area contributed by atoms with Gasteiger partial charge in [0.05, 0.1) is 6.61 Å². The molecule has 0 bridgehead atoms. The summed E-state index contributed by atoms with van der Waals surface area (Å²) >= 11 is 1.80. The first-order chi connectivity index (χ1) is 9.61. The molecule has 0 aliphatic heterocycles. The zero-order valence-corrected chi connectivity index (χ0v) is 13.6. The van der Waals surface area contributed by atoms with Crippen LogP contribution in [0, 0.1) is 5.82 Å². The molecule has 0 saturated heterocycles. The van der Waals surface area contributed by atoms with Gasteiger partial charge in [-0.15, -0.1) is 0 Å². The Bertz CT molecular complexity index is 403. The Balaban J connectivity index is 2.81. The second-order valence-electron chi connectivity index (χ2n) is 4.82. The number of rotatable bonds is 9. The van der Waals surface area contributed by atoms with Gasteiger partial charge in [0.1, 0.15) is 5.82 Å². The zero-order valence-electron chi connectivity index (χ0n) is 12.8. The predicted molar refractivity (Wildman–Crippen MR) is 86.2 cm³/mol. The second kappa shape index (κ2) is 9.21. The lowest BCUT2D eigenvalue weighted by Gasteiger charge is -2.29. The van der Waals surface area contributed by atoms with Crippen LogP contribution in [0.4, 0.5) is 10.1 Å². The number of nitrogens with one attached hydrogen (secondary N) is 1. The Kier molecular flexibility index (Phi) is 7.95. The van der Waals surface area contributed by atoms with E-state index in [1.807, 2.05) is 13.1 Å². The summed E-state index contributed by atoms with van der Waals surface area (Å²) in [5.74, 6) is 0.861. The number of benzene rings is 1. The van der Waals surface area contributed by atoms with E-state index in [-0.39, 0.29) is 5.82 Å². The van der Waals surface area contributed by atoms with Gasteiger partial charge in [-0.3, -0.25) is 0 Å². The quantitative estimate of drug-likeness (QED) is 0.709. The number of hydrogen-bond donors (Lipinski definition) is 1. The molecule has 1 aromatic carbocycles. The monoisotopic (exact) mass is 300 g/mol. The highest BCUT2D eigenvalue weighted by molar-refractivity contribution is 7.98. The van der Waals surface area contributed by atoms with Gasteiger partial charge in [-0.1, -0.05) is 6.07 Å². The fourth-order valence-corrected chi connectivity index (χ4v) is 2.74. The van der Waals surface area contributed by atoms with Crippen molar-refractivity contribution in [1.82, 2.24) is 5.32 Å². The molecule has 0 aliphatic carbocycles. The Morgan fingerprint density at radius 2 is 2.20 bits per heavy atom. The largest absolute Gasteiger partial charge is 0.383 e. The summed E-state index contributed by atoms with van der Waals surface area (Å²) in [6.45, 7) is 4.02.